The number of nitrogens with zero attached hydrogens (tertiary/aromatic N) is 2. The predicted octanol–water partition coefficient (Wildman–Crippen LogP) is 0.219. The van der Waals surface area contributed by atoms with Gasteiger partial charge >= 0.3 is 17.8 Å². The van der Waals surface area contributed by atoms with Crippen molar-refractivity contribution in [2.45, 2.75) is 33.7 Å². The quantitative estimate of drug-likeness (QED) is 0.773. The Kier molecular flexibility index (Phi) is 5.45. The van der Waals surface area contributed by atoms with Gasteiger partial charge in [-0.3, -0.25) is 9.36 Å². The van der Waals surface area contributed by atoms with Crippen molar-refractivity contribution in [2.24, 2.45) is 11.7 Å². The first-order chi connectivity index (χ1) is 9.73. The van der Waals surface area contributed by atoms with Crippen LogP contribution < -0.4 is 11.4 Å². The number of carboxylic acid groups (broad SMARTS) is 1. The summed E-state index contributed by atoms with van der Waals surface area (Å²) in [5.74, 6) is -1.50. The number of carbonyl (C=O) groups is 2. The number of aryl methyl sites for hydroxylation is 1. The second kappa shape index (κ2) is 6.87. The SMILES string of the molecule is Cc1nc(=O)n(CCOC(N)=O)c(C)c1CC(C)C(=O)O. The standard InChI is InChI=1S/C13H19N3O5/c1-7(11(17)18)6-10-8(2)15-13(20)16(9(10)3)4-5-21-12(14)19/h7H,4-6H2,1-3H3,(H2,14,19)(H,17,18). The summed E-state index contributed by atoms with van der Waals surface area (Å²) in [6.07, 6.45) is -0.641. The molecule has 1 rings (SSSR count). The van der Waals surface area contributed by atoms with Crippen LogP contribution in [0.2, 0.25) is 0 Å². The molecule has 116 valence electrons. The molecule has 0 fully saturated rings. The highest BCUT2D eigenvalue weighted by atomic mass is 16.5. The van der Waals surface area contributed by atoms with Crippen molar-refractivity contribution in [3.63, 3.8) is 0 Å². The van der Waals surface area contributed by atoms with Crippen LogP contribution in [-0.4, -0.2) is 33.3 Å². The van der Waals surface area contributed by atoms with Crippen LogP contribution in [-0.2, 0) is 22.5 Å². The number of rotatable bonds is 6. The van der Waals surface area contributed by atoms with Gasteiger partial charge in [-0.1, -0.05) is 6.92 Å². The molecule has 0 bridgehead atoms. The lowest BCUT2D eigenvalue weighted by molar-refractivity contribution is -0.141. The van der Waals surface area contributed by atoms with E-state index >= 15 is 0 Å². The maximum atomic E-state index is 11.9. The third-order valence-electron chi connectivity index (χ3n) is 3.26. The van der Waals surface area contributed by atoms with Gasteiger partial charge in [-0.15, -0.1) is 0 Å². The molecule has 0 aromatic carbocycles. The van der Waals surface area contributed by atoms with Crippen LogP contribution in [0.15, 0.2) is 4.79 Å². The molecule has 0 saturated carbocycles. The van der Waals surface area contributed by atoms with E-state index in [2.05, 4.69) is 9.72 Å². The highest BCUT2D eigenvalue weighted by Gasteiger charge is 2.18. The Bertz CT molecular complexity index is 609. The van der Waals surface area contributed by atoms with Crippen molar-refractivity contribution in [2.75, 3.05) is 6.61 Å². The largest absolute Gasteiger partial charge is 0.481 e. The Labute approximate surface area is 121 Å². The second-order valence-corrected chi connectivity index (χ2v) is 4.81. The zero-order valence-corrected chi connectivity index (χ0v) is 12.3. The number of hydrogen-bond acceptors (Lipinski definition) is 5. The molecular weight excluding hydrogens is 278 g/mol. The molecule has 21 heavy (non-hydrogen) atoms. The van der Waals surface area contributed by atoms with Gasteiger partial charge in [0.15, 0.2) is 0 Å². The molecule has 1 unspecified atom stereocenters. The zero-order chi connectivity index (χ0) is 16.2. The summed E-state index contributed by atoms with van der Waals surface area (Å²) in [5.41, 5.74) is 6.23. The van der Waals surface area contributed by atoms with Gasteiger partial charge in [0.1, 0.15) is 6.61 Å². The number of amides is 1. The Morgan fingerprint density at radius 3 is 2.57 bits per heavy atom. The lowest BCUT2D eigenvalue weighted by Crippen LogP contribution is -2.31. The lowest BCUT2D eigenvalue weighted by atomic mass is 9.99. The van der Waals surface area contributed by atoms with Crippen LogP contribution in [0.1, 0.15) is 23.9 Å². The molecule has 8 heteroatoms. The minimum absolute atomic E-state index is 0.0469. The van der Waals surface area contributed by atoms with E-state index in [9.17, 15) is 14.4 Å². The van der Waals surface area contributed by atoms with Gasteiger partial charge in [0.05, 0.1) is 12.5 Å². The maximum Gasteiger partial charge on any atom is 0.404 e. The van der Waals surface area contributed by atoms with E-state index in [0.717, 1.165) is 0 Å². The third-order valence-corrected chi connectivity index (χ3v) is 3.26. The molecule has 3 N–H and O–H groups in total. The van der Waals surface area contributed by atoms with Crippen LogP contribution in [0.25, 0.3) is 0 Å². The van der Waals surface area contributed by atoms with Gasteiger partial charge in [0, 0.05) is 11.4 Å². The van der Waals surface area contributed by atoms with Gasteiger partial charge in [-0.25, -0.2) is 9.59 Å². The summed E-state index contributed by atoms with van der Waals surface area (Å²) in [6.45, 7) is 5.05. The van der Waals surface area contributed by atoms with Crippen LogP contribution in [0, 0.1) is 19.8 Å². The summed E-state index contributed by atoms with van der Waals surface area (Å²) < 4.78 is 5.95. The highest BCUT2D eigenvalue weighted by Crippen LogP contribution is 2.15. The molecule has 0 radical (unpaired) electrons. The number of primary amides is 1. The summed E-state index contributed by atoms with van der Waals surface area (Å²) in [7, 11) is 0. The van der Waals surface area contributed by atoms with Gasteiger partial charge in [0.2, 0.25) is 0 Å². The van der Waals surface area contributed by atoms with Crippen molar-refractivity contribution in [1.29, 1.82) is 0 Å². The number of nitrogens with two attached hydrogens (primary N) is 1. The van der Waals surface area contributed by atoms with Gasteiger partial charge in [0.25, 0.3) is 0 Å². The fourth-order valence-electron chi connectivity index (χ4n) is 2.03. The number of hydrogen-bond donors (Lipinski definition) is 2. The topological polar surface area (TPSA) is 125 Å². The molecule has 1 aromatic rings. The number of carbonyl (C=O) groups excluding carboxylic acids is 1. The average molecular weight is 297 g/mol. The van der Waals surface area contributed by atoms with Gasteiger partial charge in [-0.05, 0) is 25.8 Å². The molecule has 0 aliphatic rings. The lowest BCUT2D eigenvalue weighted by Gasteiger charge is -2.16. The highest BCUT2D eigenvalue weighted by molar-refractivity contribution is 5.70. The third kappa shape index (κ3) is 4.30. The second-order valence-electron chi connectivity index (χ2n) is 4.81. The molecule has 1 amide bonds. The molecule has 0 aliphatic heterocycles. The average Bonchev–Trinajstić information content (AvgIpc) is 2.37. The molecule has 1 aromatic heterocycles. The Morgan fingerprint density at radius 2 is 2.05 bits per heavy atom. The van der Waals surface area contributed by atoms with E-state index in [1.54, 1.807) is 20.8 Å². The van der Waals surface area contributed by atoms with E-state index in [-0.39, 0.29) is 19.6 Å². The summed E-state index contributed by atoms with van der Waals surface area (Å²) in [5, 5.41) is 8.99. The van der Waals surface area contributed by atoms with Crippen LogP contribution >= 0.6 is 0 Å². The Hall–Kier alpha value is -2.38. The van der Waals surface area contributed by atoms with Crippen molar-refractivity contribution >= 4 is 12.1 Å². The smallest absolute Gasteiger partial charge is 0.404 e. The van der Waals surface area contributed by atoms with Crippen LogP contribution in [0.4, 0.5) is 4.79 Å². The Morgan fingerprint density at radius 1 is 1.43 bits per heavy atom. The van der Waals surface area contributed by atoms with Crippen molar-refractivity contribution in [3.8, 4) is 0 Å². The number of aromatic nitrogens is 2. The van der Waals surface area contributed by atoms with Crippen molar-refractivity contribution < 1.29 is 19.4 Å². The number of ether oxygens (including phenoxy) is 1. The minimum Gasteiger partial charge on any atom is -0.481 e. The Balaban J connectivity index is 3.07. The maximum absolute atomic E-state index is 11.9. The van der Waals surface area contributed by atoms with Crippen LogP contribution in [0.3, 0.4) is 0 Å². The molecular formula is C13H19N3O5. The summed E-state index contributed by atoms with van der Waals surface area (Å²) in [6, 6.07) is 0. The van der Waals surface area contributed by atoms with Gasteiger partial charge < -0.3 is 15.6 Å². The summed E-state index contributed by atoms with van der Waals surface area (Å²) in [4.78, 5) is 37.3. The molecule has 8 nitrogen and oxygen atoms in total. The molecule has 0 saturated heterocycles. The molecule has 0 aliphatic carbocycles. The monoisotopic (exact) mass is 297 g/mol. The first-order valence-electron chi connectivity index (χ1n) is 6.46. The fraction of sp³-hybridized carbons (Fsp3) is 0.538. The van der Waals surface area contributed by atoms with E-state index in [1.807, 2.05) is 0 Å². The van der Waals surface area contributed by atoms with Crippen LogP contribution in [0.5, 0.6) is 0 Å². The number of aliphatic carboxylic acids is 1. The molecule has 0 spiro atoms. The molecule has 1 atom stereocenters. The molecule has 1 heterocycles. The van der Waals surface area contributed by atoms with E-state index in [4.69, 9.17) is 10.8 Å². The first-order valence-corrected chi connectivity index (χ1v) is 6.46. The normalized spacial score (nSPS) is 12.0. The van der Waals surface area contributed by atoms with E-state index in [1.165, 1.54) is 4.57 Å². The van der Waals surface area contributed by atoms with E-state index < -0.39 is 23.7 Å². The van der Waals surface area contributed by atoms with Gasteiger partial charge in [-0.2, -0.15) is 4.98 Å². The zero-order valence-electron chi connectivity index (χ0n) is 12.3. The minimum atomic E-state index is -0.916. The number of carboxylic acids is 1. The summed E-state index contributed by atoms with van der Waals surface area (Å²) >= 11 is 0. The van der Waals surface area contributed by atoms with Crippen molar-refractivity contribution in [1.82, 2.24) is 9.55 Å². The van der Waals surface area contributed by atoms with Crippen molar-refractivity contribution in [3.05, 3.63) is 27.4 Å². The predicted molar refractivity (Wildman–Crippen MR) is 74.0 cm³/mol. The fourth-order valence-corrected chi connectivity index (χ4v) is 2.03. The van der Waals surface area contributed by atoms with E-state index in [0.29, 0.717) is 17.0 Å². The first kappa shape index (κ1) is 16.7.